The third-order valence-electron chi connectivity index (χ3n) is 9.06. The molecule has 2 heterocycles. The Bertz CT molecular complexity index is 704. The Morgan fingerprint density at radius 1 is 1.20 bits per heavy atom. The van der Waals surface area contributed by atoms with Crippen molar-refractivity contribution >= 4 is 5.97 Å². The smallest absolute Gasteiger partial charge is 0.311 e. The second-order valence-electron chi connectivity index (χ2n) is 11.4. The molecular formula is C25H40O5. The molecule has 0 aromatic carbocycles. The van der Waals surface area contributed by atoms with Crippen molar-refractivity contribution in [2.45, 2.75) is 103 Å². The van der Waals surface area contributed by atoms with Gasteiger partial charge in [0.25, 0.3) is 0 Å². The van der Waals surface area contributed by atoms with Crippen LogP contribution in [0.15, 0.2) is 11.6 Å². The van der Waals surface area contributed by atoms with Crippen molar-refractivity contribution < 1.29 is 24.0 Å². The van der Waals surface area contributed by atoms with Crippen LogP contribution in [0.5, 0.6) is 0 Å². The first kappa shape index (κ1) is 22.3. The van der Waals surface area contributed by atoms with Gasteiger partial charge in [0.2, 0.25) is 0 Å². The van der Waals surface area contributed by atoms with E-state index in [0.717, 1.165) is 31.6 Å². The van der Waals surface area contributed by atoms with E-state index in [9.17, 15) is 4.79 Å². The lowest BCUT2D eigenvalue weighted by Gasteiger charge is -2.55. The zero-order chi connectivity index (χ0) is 21.9. The van der Waals surface area contributed by atoms with Gasteiger partial charge in [0.15, 0.2) is 0 Å². The molecule has 0 amide bonds. The molecule has 1 saturated carbocycles. The average molecular weight is 421 g/mol. The van der Waals surface area contributed by atoms with Gasteiger partial charge in [0, 0.05) is 0 Å². The molecule has 0 spiro atoms. The van der Waals surface area contributed by atoms with Crippen LogP contribution < -0.4 is 0 Å². The predicted octanol–water partition coefficient (Wildman–Crippen LogP) is 5.23. The second kappa shape index (κ2) is 7.60. The molecule has 3 fully saturated rings. The van der Waals surface area contributed by atoms with E-state index in [1.54, 1.807) is 0 Å². The summed E-state index contributed by atoms with van der Waals surface area (Å²) >= 11 is 0. The highest BCUT2D eigenvalue weighted by Crippen LogP contribution is 2.62. The summed E-state index contributed by atoms with van der Waals surface area (Å²) in [5.41, 5.74) is 1.15. The van der Waals surface area contributed by atoms with E-state index >= 15 is 0 Å². The zero-order valence-corrected chi connectivity index (χ0v) is 19.8. The molecule has 30 heavy (non-hydrogen) atoms. The molecule has 0 radical (unpaired) electrons. The Morgan fingerprint density at radius 2 is 1.93 bits per heavy atom. The molecule has 2 saturated heterocycles. The minimum atomic E-state index is -0.486. The van der Waals surface area contributed by atoms with Crippen LogP contribution in [0.3, 0.4) is 0 Å². The highest BCUT2D eigenvalue weighted by atomic mass is 17.2. The van der Waals surface area contributed by atoms with Crippen LogP contribution in [0.25, 0.3) is 0 Å². The monoisotopic (exact) mass is 420 g/mol. The van der Waals surface area contributed by atoms with E-state index in [0.29, 0.717) is 11.8 Å². The highest BCUT2D eigenvalue weighted by molar-refractivity contribution is 5.72. The number of methoxy groups -OCH3 is 1. The van der Waals surface area contributed by atoms with E-state index in [-0.39, 0.29) is 35.1 Å². The van der Waals surface area contributed by atoms with Crippen molar-refractivity contribution in [2.75, 3.05) is 7.11 Å². The van der Waals surface area contributed by atoms with Crippen LogP contribution in [0.4, 0.5) is 0 Å². The fraction of sp³-hybridized carbons (Fsp3) is 0.880. The first-order valence-electron chi connectivity index (χ1n) is 11.8. The van der Waals surface area contributed by atoms with E-state index in [1.807, 2.05) is 6.92 Å². The maximum absolute atomic E-state index is 11.9. The van der Waals surface area contributed by atoms with Crippen molar-refractivity contribution in [3.8, 4) is 0 Å². The average Bonchev–Trinajstić information content (AvgIpc) is 3.06. The third-order valence-corrected chi connectivity index (χ3v) is 9.06. The third kappa shape index (κ3) is 3.55. The molecule has 0 N–H and O–H groups in total. The van der Waals surface area contributed by atoms with Gasteiger partial charge < -0.3 is 9.47 Å². The minimum absolute atomic E-state index is 0.00591. The molecule has 4 aliphatic rings. The molecule has 5 heteroatoms. The number of esters is 1. The standard InChI is InChI=1S/C25H40O5/c1-15-8-9-18-17(12-15)14-25(6)20(23(18,3)4)13-21(28-25)24(5)11-10-19(29-30-24)16(2)22(26)27-7/h12,16-21H,8-11,13-14H2,1-7H3/t16-,17+,18+,19-,20?,21?,24+,25-/m1/s1. The summed E-state index contributed by atoms with van der Waals surface area (Å²) < 4.78 is 11.7. The van der Waals surface area contributed by atoms with Crippen LogP contribution in [-0.2, 0) is 24.0 Å². The molecule has 4 rings (SSSR count). The van der Waals surface area contributed by atoms with Gasteiger partial charge in [0.1, 0.15) is 11.7 Å². The topological polar surface area (TPSA) is 54.0 Å². The van der Waals surface area contributed by atoms with Gasteiger partial charge in [-0.25, -0.2) is 9.78 Å². The van der Waals surface area contributed by atoms with Gasteiger partial charge in [-0.05, 0) is 89.4 Å². The summed E-state index contributed by atoms with van der Waals surface area (Å²) in [7, 11) is 1.41. The fourth-order valence-electron chi connectivity index (χ4n) is 7.16. The quantitative estimate of drug-likeness (QED) is 0.355. The highest BCUT2D eigenvalue weighted by Gasteiger charge is 2.62. The van der Waals surface area contributed by atoms with Gasteiger partial charge >= 0.3 is 5.97 Å². The molecule has 2 unspecified atom stereocenters. The van der Waals surface area contributed by atoms with Crippen molar-refractivity contribution in [1.82, 2.24) is 0 Å². The van der Waals surface area contributed by atoms with Gasteiger partial charge in [0.05, 0.1) is 24.7 Å². The largest absolute Gasteiger partial charge is 0.469 e. The fourth-order valence-corrected chi connectivity index (χ4v) is 7.16. The first-order chi connectivity index (χ1) is 14.0. The van der Waals surface area contributed by atoms with Crippen LogP contribution in [0.2, 0.25) is 0 Å². The minimum Gasteiger partial charge on any atom is -0.469 e. The number of carbonyl (C=O) groups excluding carboxylic acids is 1. The molecule has 0 aromatic rings. The molecule has 8 atom stereocenters. The summed E-state index contributed by atoms with van der Waals surface area (Å²) in [4.78, 5) is 23.6. The van der Waals surface area contributed by atoms with Gasteiger partial charge in [-0.15, -0.1) is 0 Å². The van der Waals surface area contributed by atoms with E-state index in [1.165, 1.54) is 25.5 Å². The van der Waals surface area contributed by atoms with Crippen LogP contribution in [0.1, 0.15) is 80.1 Å². The molecule has 0 aromatic heterocycles. The molecule has 0 bridgehead atoms. The summed E-state index contributed by atoms with van der Waals surface area (Å²) in [5.74, 6) is 1.26. The summed E-state index contributed by atoms with van der Waals surface area (Å²) in [5, 5.41) is 0. The lowest BCUT2D eigenvalue weighted by Crippen LogP contribution is -2.53. The SMILES string of the molecule is COC(=O)[C@H](C)[C@H]1CC[C@@](C)(C2CC3C(C)(C)[C@H]4CCC(C)=C[C@H]4C[C@@]3(C)O2)OO1. The van der Waals surface area contributed by atoms with E-state index in [4.69, 9.17) is 19.2 Å². The Balaban J connectivity index is 1.49. The number of fused-ring (bicyclic) bond motifs is 2. The molecule has 2 aliphatic carbocycles. The Morgan fingerprint density at radius 3 is 2.57 bits per heavy atom. The Hall–Kier alpha value is -0.910. The number of allylic oxidation sites excluding steroid dienone is 2. The first-order valence-corrected chi connectivity index (χ1v) is 11.8. The molecule has 5 nitrogen and oxygen atoms in total. The van der Waals surface area contributed by atoms with Crippen molar-refractivity contribution in [2.24, 2.45) is 29.1 Å². The van der Waals surface area contributed by atoms with Gasteiger partial charge in [-0.2, -0.15) is 0 Å². The second-order valence-corrected chi connectivity index (χ2v) is 11.4. The van der Waals surface area contributed by atoms with Crippen molar-refractivity contribution in [1.29, 1.82) is 0 Å². The predicted molar refractivity (Wildman–Crippen MR) is 115 cm³/mol. The zero-order valence-electron chi connectivity index (χ0n) is 19.8. The Labute approximate surface area is 181 Å². The molecule has 2 aliphatic heterocycles. The number of carbonyl (C=O) groups is 1. The summed E-state index contributed by atoms with van der Waals surface area (Å²) in [6.07, 6.45) is 8.47. The maximum Gasteiger partial charge on any atom is 0.311 e. The van der Waals surface area contributed by atoms with Gasteiger partial charge in [-0.3, -0.25) is 4.79 Å². The number of hydrogen-bond donors (Lipinski definition) is 0. The maximum atomic E-state index is 11.9. The van der Waals surface area contributed by atoms with Crippen LogP contribution in [-0.4, -0.2) is 36.5 Å². The number of ether oxygens (including phenoxy) is 2. The van der Waals surface area contributed by atoms with Crippen LogP contribution >= 0.6 is 0 Å². The lowest BCUT2D eigenvalue weighted by molar-refractivity contribution is -0.425. The molecular weight excluding hydrogens is 380 g/mol. The lowest BCUT2D eigenvalue weighted by atomic mass is 9.51. The van der Waals surface area contributed by atoms with Crippen LogP contribution in [0, 0.1) is 29.1 Å². The summed E-state index contributed by atoms with van der Waals surface area (Å²) in [6, 6.07) is 0. The van der Waals surface area contributed by atoms with Crippen molar-refractivity contribution in [3.05, 3.63) is 11.6 Å². The van der Waals surface area contributed by atoms with E-state index < -0.39 is 5.60 Å². The number of rotatable bonds is 3. The van der Waals surface area contributed by atoms with Gasteiger partial charge in [-0.1, -0.05) is 25.5 Å². The number of hydrogen-bond acceptors (Lipinski definition) is 5. The normalized spacial score (nSPS) is 46.4. The Kier molecular flexibility index (Phi) is 5.64. The summed E-state index contributed by atoms with van der Waals surface area (Å²) in [6.45, 7) is 13.5. The molecule has 170 valence electrons. The van der Waals surface area contributed by atoms with E-state index in [2.05, 4.69) is 40.7 Å². The van der Waals surface area contributed by atoms with Crippen molar-refractivity contribution in [3.63, 3.8) is 0 Å².